The minimum Gasteiger partial charge on any atom is -0.493 e. The smallest absolute Gasteiger partial charge is 0.337 e. The summed E-state index contributed by atoms with van der Waals surface area (Å²) in [6.07, 6.45) is 2.45. The molecule has 0 bridgehead atoms. The van der Waals surface area contributed by atoms with Gasteiger partial charge in [-0.2, -0.15) is 5.26 Å². The lowest BCUT2D eigenvalue weighted by molar-refractivity contribution is 0.0697. The number of carboxylic acid groups (broad SMARTS) is 1. The van der Waals surface area contributed by atoms with Crippen LogP contribution in [0.25, 0.3) is 0 Å². The predicted octanol–water partition coefficient (Wildman–Crippen LogP) is 2.04. The molecule has 1 fully saturated rings. The maximum absolute atomic E-state index is 10.9. The van der Waals surface area contributed by atoms with E-state index in [0.717, 1.165) is 12.8 Å². The van der Waals surface area contributed by atoms with Crippen LogP contribution in [0.15, 0.2) is 18.2 Å². The van der Waals surface area contributed by atoms with Crippen LogP contribution in [0.1, 0.15) is 29.6 Å². The van der Waals surface area contributed by atoms with Gasteiger partial charge in [0, 0.05) is 17.5 Å². The number of rotatable bonds is 5. The maximum Gasteiger partial charge on any atom is 0.337 e. The summed E-state index contributed by atoms with van der Waals surface area (Å²) in [6, 6.07) is 6.73. The Morgan fingerprint density at radius 1 is 1.56 bits per heavy atom. The number of hydrogen-bond donors (Lipinski definition) is 2. The number of hydrogen-bond acceptors (Lipinski definition) is 4. The molecule has 1 aliphatic rings. The van der Waals surface area contributed by atoms with E-state index in [1.54, 1.807) is 6.07 Å². The van der Waals surface area contributed by atoms with E-state index in [2.05, 4.69) is 6.07 Å². The van der Waals surface area contributed by atoms with Crippen molar-refractivity contribution >= 4 is 11.7 Å². The number of ether oxygens (including phenoxy) is 1. The fraction of sp³-hybridized carbons (Fsp3) is 0.385. The zero-order chi connectivity index (χ0) is 13.2. The standard InChI is InChI=1S/C13H14N2O3/c14-6-5-13(3-4-13)8-18-9-1-2-11(15)10(7-9)12(16)17/h1-2,7H,3-5,8,15H2,(H,16,17). The largest absolute Gasteiger partial charge is 0.493 e. The Bertz CT molecular complexity index is 515. The van der Waals surface area contributed by atoms with Crippen molar-refractivity contribution in [3.05, 3.63) is 23.8 Å². The molecule has 94 valence electrons. The van der Waals surface area contributed by atoms with Crippen LogP contribution in [0.3, 0.4) is 0 Å². The van der Waals surface area contributed by atoms with Gasteiger partial charge in [0.05, 0.1) is 18.2 Å². The number of carboxylic acids is 1. The van der Waals surface area contributed by atoms with Gasteiger partial charge in [0.15, 0.2) is 0 Å². The quantitative estimate of drug-likeness (QED) is 0.775. The van der Waals surface area contributed by atoms with Gasteiger partial charge in [-0.15, -0.1) is 0 Å². The molecular weight excluding hydrogens is 232 g/mol. The summed E-state index contributed by atoms with van der Waals surface area (Å²) in [5, 5.41) is 17.6. The van der Waals surface area contributed by atoms with Crippen molar-refractivity contribution < 1.29 is 14.6 Å². The topological polar surface area (TPSA) is 96.3 Å². The second kappa shape index (κ2) is 4.57. The lowest BCUT2D eigenvalue weighted by Gasteiger charge is -2.13. The van der Waals surface area contributed by atoms with Crippen molar-refractivity contribution in [3.8, 4) is 11.8 Å². The first-order valence-corrected chi connectivity index (χ1v) is 5.69. The third-order valence-corrected chi connectivity index (χ3v) is 3.21. The summed E-state index contributed by atoms with van der Waals surface area (Å²) in [4.78, 5) is 10.9. The minimum absolute atomic E-state index is 0.0283. The zero-order valence-corrected chi connectivity index (χ0v) is 9.85. The molecule has 5 heteroatoms. The predicted molar refractivity (Wildman–Crippen MR) is 65.2 cm³/mol. The van der Waals surface area contributed by atoms with Gasteiger partial charge in [-0.25, -0.2) is 4.79 Å². The molecule has 0 spiro atoms. The van der Waals surface area contributed by atoms with Crippen molar-refractivity contribution in [1.29, 1.82) is 5.26 Å². The second-order valence-corrected chi connectivity index (χ2v) is 4.68. The highest BCUT2D eigenvalue weighted by Gasteiger charge is 2.43. The van der Waals surface area contributed by atoms with E-state index in [1.165, 1.54) is 12.1 Å². The number of benzene rings is 1. The van der Waals surface area contributed by atoms with Crippen LogP contribution < -0.4 is 10.5 Å². The van der Waals surface area contributed by atoms with E-state index in [0.29, 0.717) is 18.8 Å². The second-order valence-electron chi connectivity index (χ2n) is 4.68. The summed E-state index contributed by atoms with van der Waals surface area (Å²) < 4.78 is 5.56. The normalized spacial score (nSPS) is 15.7. The first-order chi connectivity index (χ1) is 8.56. The number of nitrogen functional groups attached to an aromatic ring is 1. The summed E-state index contributed by atoms with van der Waals surface area (Å²) in [7, 11) is 0. The van der Waals surface area contributed by atoms with Crippen molar-refractivity contribution in [2.45, 2.75) is 19.3 Å². The summed E-state index contributed by atoms with van der Waals surface area (Å²) in [6.45, 7) is 0.448. The van der Waals surface area contributed by atoms with Crippen LogP contribution in [0.2, 0.25) is 0 Å². The van der Waals surface area contributed by atoms with Crippen LogP contribution in [0.5, 0.6) is 5.75 Å². The van der Waals surface area contributed by atoms with E-state index in [9.17, 15) is 4.79 Å². The summed E-state index contributed by atoms with van der Waals surface area (Å²) >= 11 is 0. The lowest BCUT2D eigenvalue weighted by atomic mass is 10.1. The van der Waals surface area contributed by atoms with E-state index in [-0.39, 0.29) is 16.7 Å². The third kappa shape index (κ3) is 2.54. The van der Waals surface area contributed by atoms with Crippen molar-refractivity contribution in [1.82, 2.24) is 0 Å². The summed E-state index contributed by atoms with van der Waals surface area (Å²) in [5.41, 5.74) is 5.78. The van der Waals surface area contributed by atoms with E-state index < -0.39 is 5.97 Å². The van der Waals surface area contributed by atoms with Crippen LogP contribution in [0, 0.1) is 16.7 Å². The fourth-order valence-electron chi connectivity index (χ4n) is 1.76. The molecule has 0 unspecified atom stereocenters. The maximum atomic E-state index is 10.9. The van der Waals surface area contributed by atoms with Crippen molar-refractivity contribution in [3.63, 3.8) is 0 Å². The SMILES string of the molecule is N#CCC1(COc2ccc(N)c(C(=O)O)c2)CC1. The molecule has 1 aromatic carbocycles. The van der Waals surface area contributed by atoms with E-state index >= 15 is 0 Å². The first kappa shape index (κ1) is 12.2. The van der Waals surface area contributed by atoms with Gasteiger partial charge >= 0.3 is 5.97 Å². The lowest BCUT2D eigenvalue weighted by Crippen LogP contribution is -2.13. The molecule has 18 heavy (non-hydrogen) atoms. The highest BCUT2D eigenvalue weighted by molar-refractivity contribution is 5.94. The molecular formula is C13H14N2O3. The average molecular weight is 246 g/mol. The van der Waals surface area contributed by atoms with Gasteiger partial charge in [0.1, 0.15) is 5.75 Å². The molecule has 1 saturated carbocycles. The Hall–Kier alpha value is -2.22. The van der Waals surface area contributed by atoms with E-state index in [4.69, 9.17) is 20.8 Å². The van der Waals surface area contributed by atoms with E-state index in [1.807, 2.05) is 0 Å². The number of nitrogens with two attached hydrogens (primary N) is 1. The molecule has 1 aliphatic carbocycles. The molecule has 3 N–H and O–H groups in total. The number of aromatic carboxylic acids is 1. The molecule has 0 atom stereocenters. The van der Waals surface area contributed by atoms with Crippen LogP contribution in [-0.2, 0) is 0 Å². The third-order valence-electron chi connectivity index (χ3n) is 3.21. The molecule has 2 rings (SSSR count). The van der Waals surface area contributed by atoms with Gasteiger partial charge in [-0.3, -0.25) is 0 Å². The number of carbonyl (C=O) groups is 1. The molecule has 0 amide bonds. The van der Waals surface area contributed by atoms with Crippen LogP contribution in [-0.4, -0.2) is 17.7 Å². The molecule has 0 heterocycles. The Kier molecular flexibility index (Phi) is 3.11. The van der Waals surface area contributed by atoms with Crippen LogP contribution in [0.4, 0.5) is 5.69 Å². The molecule has 5 nitrogen and oxygen atoms in total. The van der Waals surface area contributed by atoms with Gasteiger partial charge in [-0.05, 0) is 31.0 Å². The molecule has 0 radical (unpaired) electrons. The van der Waals surface area contributed by atoms with Gasteiger partial charge in [0.25, 0.3) is 0 Å². The highest BCUT2D eigenvalue weighted by Crippen LogP contribution is 2.48. The van der Waals surface area contributed by atoms with Crippen LogP contribution >= 0.6 is 0 Å². The monoisotopic (exact) mass is 246 g/mol. The summed E-state index contributed by atoms with van der Waals surface area (Å²) in [5.74, 6) is -0.595. The Morgan fingerprint density at radius 3 is 2.83 bits per heavy atom. The molecule has 1 aromatic rings. The molecule has 0 saturated heterocycles. The minimum atomic E-state index is -1.07. The number of nitrogens with zero attached hydrogens (tertiary/aromatic N) is 1. The van der Waals surface area contributed by atoms with Gasteiger partial charge in [-0.1, -0.05) is 0 Å². The Labute approximate surface area is 105 Å². The average Bonchev–Trinajstić information content (AvgIpc) is 3.08. The first-order valence-electron chi connectivity index (χ1n) is 5.69. The number of nitriles is 1. The highest BCUT2D eigenvalue weighted by atomic mass is 16.5. The van der Waals surface area contributed by atoms with Crippen molar-refractivity contribution in [2.24, 2.45) is 5.41 Å². The molecule has 0 aromatic heterocycles. The van der Waals surface area contributed by atoms with Gasteiger partial charge in [0.2, 0.25) is 0 Å². The Balaban J connectivity index is 2.05. The Morgan fingerprint density at radius 2 is 2.28 bits per heavy atom. The number of anilines is 1. The molecule has 0 aliphatic heterocycles. The van der Waals surface area contributed by atoms with Gasteiger partial charge < -0.3 is 15.6 Å². The zero-order valence-electron chi connectivity index (χ0n) is 9.85. The fourth-order valence-corrected chi connectivity index (χ4v) is 1.76. The van der Waals surface area contributed by atoms with Crippen molar-refractivity contribution in [2.75, 3.05) is 12.3 Å².